The number of halogens is 1. The van der Waals surface area contributed by atoms with E-state index in [1.54, 1.807) is 13.0 Å². The van der Waals surface area contributed by atoms with Crippen LogP contribution in [0.15, 0.2) is 22.6 Å². The van der Waals surface area contributed by atoms with Gasteiger partial charge in [-0.2, -0.15) is 5.26 Å². The molecule has 5 nitrogen and oxygen atoms in total. The van der Waals surface area contributed by atoms with Gasteiger partial charge in [-0.05, 0) is 32.0 Å². The van der Waals surface area contributed by atoms with Gasteiger partial charge in [0.2, 0.25) is 5.88 Å². The summed E-state index contributed by atoms with van der Waals surface area (Å²) in [4.78, 5) is 16.0. The first-order valence-electron chi connectivity index (χ1n) is 6.37. The van der Waals surface area contributed by atoms with Crippen molar-refractivity contribution < 1.29 is 9.21 Å². The van der Waals surface area contributed by atoms with Crippen molar-refractivity contribution in [3.8, 4) is 6.07 Å². The number of carbonyl (C=O) groups is 1. The molecular formula is C15H10ClN3O2S. The SMILES string of the molecule is CC(=O)c1c(C)oc(Nc2nc3ccc(Cl)cc3s2)c1C#N. The lowest BCUT2D eigenvalue weighted by atomic mass is 10.1. The van der Waals surface area contributed by atoms with Gasteiger partial charge in [-0.25, -0.2) is 4.98 Å². The highest BCUT2D eigenvalue weighted by molar-refractivity contribution is 7.22. The van der Waals surface area contributed by atoms with Crippen LogP contribution in [0.1, 0.15) is 28.6 Å². The number of aromatic nitrogens is 1. The van der Waals surface area contributed by atoms with Crippen LogP contribution in [0, 0.1) is 18.3 Å². The van der Waals surface area contributed by atoms with E-state index in [2.05, 4.69) is 10.3 Å². The maximum absolute atomic E-state index is 11.6. The number of furan rings is 1. The van der Waals surface area contributed by atoms with Crippen molar-refractivity contribution in [1.82, 2.24) is 4.98 Å². The van der Waals surface area contributed by atoms with Gasteiger partial charge in [0.05, 0.1) is 15.8 Å². The Balaban J connectivity index is 2.03. The summed E-state index contributed by atoms with van der Waals surface area (Å²) in [5, 5.41) is 13.5. The van der Waals surface area contributed by atoms with Crippen LogP contribution in [0.2, 0.25) is 5.02 Å². The fraction of sp³-hybridized carbons (Fsp3) is 0.133. The van der Waals surface area contributed by atoms with Crippen LogP contribution in [-0.4, -0.2) is 10.8 Å². The molecule has 0 saturated carbocycles. The first kappa shape index (κ1) is 14.6. The van der Waals surface area contributed by atoms with Crippen molar-refractivity contribution in [2.75, 3.05) is 5.32 Å². The Hall–Kier alpha value is -2.36. The van der Waals surface area contributed by atoms with E-state index >= 15 is 0 Å². The predicted octanol–water partition coefficient (Wildman–Crippen LogP) is 4.67. The molecule has 0 aliphatic heterocycles. The van der Waals surface area contributed by atoms with Gasteiger partial charge >= 0.3 is 0 Å². The van der Waals surface area contributed by atoms with Gasteiger partial charge in [0.15, 0.2) is 10.9 Å². The fourth-order valence-electron chi connectivity index (χ4n) is 2.21. The summed E-state index contributed by atoms with van der Waals surface area (Å²) < 4.78 is 6.43. The van der Waals surface area contributed by atoms with Crippen LogP contribution < -0.4 is 5.32 Å². The summed E-state index contributed by atoms with van der Waals surface area (Å²) in [6.45, 7) is 3.06. The monoisotopic (exact) mass is 331 g/mol. The van der Waals surface area contributed by atoms with Crippen molar-refractivity contribution >= 4 is 50.0 Å². The number of Topliss-reactive ketones (excluding diaryl/α,β-unsaturated/α-hetero) is 1. The molecule has 1 aromatic carbocycles. The van der Waals surface area contributed by atoms with Crippen LogP contribution in [0.25, 0.3) is 10.2 Å². The van der Waals surface area contributed by atoms with Crippen LogP contribution in [-0.2, 0) is 0 Å². The lowest BCUT2D eigenvalue weighted by Crippen LogP contribution is -1.96. The molecular weight excluding hydrogens is 322 g/mol. The molecule has 2 aromatic heterocycles. The maximum atomic E-state index is 11.6. The van der Waals surface area contributed by atoms with Crippen LogP contribution in [0.3, 0.4) is 0 Å². The summed E-state index contributed by atoms with van der Waals surface area (Å²) in [5.41, 5.74) is 1.29. The zero-order valence-electron chi connectivity index (χ0n) is 11.7. The Kier molecular flexibility index (Phi) is 3.61. The third-order valence-electron chi connectivity index (χ3n) is 3.12. The number of thiazole rings is 1. The molecule has 0 fully saturated rings. The topological polar surface area (TPSA) is 78.9 Å². The van der Waals surface area contributed by atoms with Gasteiger partial charge in [-0.3, -0.25) is 4.79 Å². The Bertz CT molecular complexity index is 936. The predicted molar refractivity (Wildman–Crippen MR) is 86.1 cm³/mol. The summed E-state index contributed by atoms with van der Waals surface area (Å²) >= 11 is 7.34. The molecule has 7 heteroatoms. The van der Waals surface area contributed by atoms with Gasteiger partial charge in [-0.1, -0.05) is 22.9 Å². The molecule has 0 atom stereocenters. The molecule has 0 amide bonds. The van der Waals surface area contributed by atoms with Crippen LogP contribution in [0.4, 0.5) is 11.0 Å². The first-order chi connectivity index (χ1) is 10.5. The number of nitrogens with one attached hydrogen (secondary N) is 1. The number of nitrogens with zero attached hydrogens (tertiary/aromatic N) is 2. The number of fused-ring (bicyclic) bond motifs is 1. The number of anilines is 2. The number of hydrogen-bond acceptors (Lipinski definition) is 6. The quantitative estimate of drug-likeness (QED) is 0.705. The number of rotatable bonds is 3. The second-order valence-corrected chi connectivity index (χ2v) is 6.13. The van der Waals surface area contributed by atoms with E-state index in [-0.39, 0.29) is 17.2 Å². The number of carbonyl (C=O) groups excluding carboxylic acids is 1. The third-order valence-corrected chi connectivity index (χ3v) is 4.29. The van der Waals surface area contributed by atoms with E-state index in [9.17, 15) is 10.1 Å². The van der Waals surface area contributed by atoms with E-state index in [0.717, 1.165) is 10.2 Å². The number of hydrogen-bond donors (Lipinski definition) is 1. The minimum Gasteiger partial charge on any atom is -0.443 e. The van der Waals surface area contributed by atoms with E-state index in [1.165, 1.54) is 18.3 Å². The Labute approximate surface area is 135 Å². The molecule has 22 heavy (non-hydrogen) atoms. The average molecular weight is 332 g/mol. The summed E-state index contributed by atoms with van der Waals surface area (Å²) in [6.07, 6.45) is 0. The summed E-state index contributed by atoms with van der Waals surface area (Å²) in [6, 6.07) is 7.41. The molecule has 0 unspecified atom stereocenters. The highest BCUT2D eigenvalue weighted by atomic mass is 35.5. The van der Waals surface area contributed by atoms with Crippen molar-refractivity contribution in [2.45, 2.75) is 13.8 Å². The van der Waals surface area contributed by atoms with E-state index in [4.69, 9.17) is 16.0 Å². The van der Waals surface area contributed by atoms with E-state index < -0.39 is 0 Å². The molecule has 0 aliphatic rings. The van der Waals surface area contributed by atoms with Gasteiger partial charge < -0.3 is 9.73 Å². The first-order valence-corrected chi connectivity index (χ1v) is 7.56. The van der Waals surface area contributed by atoms with Crippen molar-refractivity contribution in [2.24, 2.45) is 0 Å². The van der Waals surface area contributed by atoms with Crippen molar-refractivity contribution in [3.63, 3.8) is 0 Å². The largest absolute Gasteiger partial charge is 0.443 e. The molecule has 1 N–H and O–H groups in total. The summed E-state index contributed by atoms with van der Waals surface area (Å²) in [5.74, 6) is 0.438. The summed E-state index contributed by atoms with van der Waals surface area (Å²) in [7, 11) is 0. The second kappa shape index (κ2) is 5.44. The third kappa shape index (κ3) is 2.45. The van der Waals surface area contributed by atoms with Gasteiger partial charge in [0.25, 0.3) is 0 Å². The van der Waals surface area contributed by atoms with Crippen LogP contribution >= 0.6 is 22.9 Å². The Morgan fingerprint density at radius 3 is 2.95 bits per heavy atom. The van der Waals surface area contributed by atoms with Gasteiger partial charge in [-0.15, -0.1) is 0 Å². The lowest BCUT2D eigenvalue weighted by Gasteiger charge is -1.97. The van der Waals surface area contributed by atoms with Gasteiger partial charge in [0.1, 0.15) is 17.4 Å². The number of benzene rings is 1. The highest BCUT2D eigenvalue weighted by Crippen LogP contribution is 2.33. The fourth-order valence-corrected chi connectivity index (χ4v) is 3.35. The molecule has 2 heterocycles. The molecule has 3 rings (SSSR count). The van der Waals surface area contributed by atoms with Crippen molar-refractivity contribution in [3.05, 3.63) is 40.1 Å². The normalized spacial score (nSPS) is 10.6. The molecule has 3 aromatic rings. The maximum Gasteiger partial charge on any atom is 0.217 e. The standard InChI is InChI=1S/C15H10ClN3O2S/c1-7(20)13-8(2)21-14(10(13)6-17)19-15-18-11-4-3-9(16)5-12(11)22-15/h3-5H,1-2H3,(H,18,19). The molecule has 0 radical (unpaired) electrons. The van der Waals surface area contributed by atoms with E-state index in [0.29, 0.717) is 21.5 Å². The Morgan fingerprint density at radius 1 is 1.50 bits per heavy atom. The second-order valence-electron chi connectivity index (χ2n) is 4.66. The molecule has 0 spiro atoms. The number of nitriles is 1. The smallest absolute Gasteiger partial charge is 0.217 e. The minimum absolute atomic E-state index is 0.197. The molecule has 0 bridgehead atoms. The van der Waals surface area contributed by atoms with Crippen molar-refractivity contribution in [1.29, 1.82) is 5.26 Å². The average Bonchev–Trinajstić information content (AvgIpc) is 2.98. The molecule has 0 saturated heterocycles. The molecule has 0 aliphatic carbocycles. The number of ketones is 1. The van der Waals surface area contributed by atoms with Gasteiger partial charge in [0, 0.05) is 5.02 Å². The van der Waals surface area contributed by atoms with E-state index in [1.807, 2.05) is 18.2 Å². The van der Waals surface area contributed by atoms with Crippen LogP contribution in [0.5, 0.6) is 0 Å². The minimum atomic E-state index is -0.207. The highest BCUT2D eigenvalue weighted by Gasteiger charge is 2.21. The molecule has 110 valence electrons. The zero-order valence-corrected chi connectivity index (χ0v) is 13.3. The number of aryl methyl sites for hydroxylation is 1. The zero-order chi connectivity index (χ0) is 15.9. The Morgan fingerprint density at radius 2 is 2.27 bits per heavy atom. The lowest BCUT2D eigenvalue weighted by molar-refractivity contribution is 0.101.